The van der Waals surface area contributed by atoms with Crippen LogP contribution in [0.3, 0.4) is 0 Å². The second kappa shape index (κ2) is 6.61. The van der Waals surface area contributed by atoms with Crippen molar-refractivity contribution in [2.45, 2.75) is 13.8 Å². The van der Waals surface area contributed by atoms with Gasteiger partial charge in [0.15, 0.2) is 12.4 Å². The van der Waals surface area contributed by atoms with E-state index in [2.05, 4.69) is 15.3 Å². The Morgan fingerprint density at radius 3 is 2.55 bits per heavy atom. The molecule has 0 aliphatic rings. The number of ether oxygens (including phenoxy) is 1. The number of nitro groups is 1. The van der Waals surface area contributed by atoms with Gasteiger partial charge < -0.3 is 4.74 Å². The zero-order valence-electron chi connectivity index (χ0n) is 12.1. The second-order valence-corrected chi connectivity index (χ2v) is 4.54. The van der Waals surface area contributed by atoms with Gasteiger partial charge in [0.25, 0.3) is 5.91 Å². The number of amides is 1. The Kier molecular flexibility index (Phi) is 4.62. The number of carbonyl (C=O) groups excluding carboxylic acids is 1. The van der Waals surface area contributed by atoms with Crippen molar-refractivity contribution >= 4 is 17.5 Å². The number of para-hydroxylation sites is 2. The van der Waals surface area contributed by atoms with Crippen LogP contribution in [0.1, 0.15) is 11.4 Å². The lowest BCUT2D eigenvalue weighted by molar-refractivity contribution is -0.385. The summed E-state index contributed by atoms with van der Waals surface area (Å²) in [6.07, 6.45) is 0. The molecule has 1 heterocycles. The number of nitrogens with one attached hydrogen (secondary N) is 1. The van der Waals surface area contributed by atoms with Crippen molar-refractivity contribution in [1.29, 1.82) is 0 Å². The third-order valence-electron chi connectivity index (χ3n) is 2.65. The zero-order chi connectivity index (χ0) is 16.1. The average Bonchev–Trinajstić information content (AvgIpc) is 2.44. The standard InChI is InChI=1S/C14H14N4O4/c1-9-7-10(2)16-14(15-9)17-13(19)8-22-12-6-4-3-5-11(12)18(20)21/h3-7H,8H2,1-2H3,(H,15,16,17,19). The van der Waals surface area contributed by atoms with Crippen LogP contribution in [0.4, 0.5) is 11.6 Å². The molecule has 22 heavy (non-hydrogen) atoms. The third-order valence-corrected chi connectivity index (χ3v) is 2.65. The van der Waals surface area contributed by atoms with Gasteiger partial charge in [-0.05, 0) is 26.0 Å². The predicted molar refractivity (Wildman–Crippen MR) is 78.7 cm³/mol. The van der Waals surface area contributed by atoms with Crippen LogP contribution in [-0.4, -0.2) is 27.4 Å². The molecule has 114 valence electrons. The van der Waals surface area contributed by atoms with Gasteiger partial charge >= 0.3 is 5.69 Å². The molecule has 0 saturated heterocycles. The quantitative estimate of drug-likeness (QED) is 0.668. The van der Waals surface area contributed by atoms with Gasteiger partial charge in [-0.15, -0.1) is 0 Å². The van der Waals surface area contributed by atoms with E-state index < -0.39 is 10.8 Å². The molecular formula is C14H14N4O4. The number of rotatable bonds is 5. The maximum atomic E-state index is 11.8. The SMILES string of the molecule is Cc1cc(C)nc(NC(=O)COc2ccccc2[N+](=O)[O-])n1. The summed E-state index contributed by atoms with van der Waals surface area (Å²) in [5, 5.41) is 13.3. The smallest absolute Gasteiger partial charge is 0.310 e. The Balaban J connectivity index is 2.00. The first-order valence-electron chi connectivity index (χ1n) is 6.44. The monoisotopic (exact) mass is 302 g/mol. The van der Waals surface area contributed by atoms with E-state index >= 15 is 0 Å². The van der Waals surface area contributed by atoms with Crippen LogP contribution in [0.2, 0.25) is 0 Å². The highest BCUT2D eigenvalue weighted by molar-refractivity contribution is 5.90. The summed E-state index contributed by atoms with van der Waals surface area (Å²) in [4.78, 5) is 30.2. The van der Waals surface area contributed by atoms with E-state index in [-0.39, 0.29) is 24.0 Å². The summed E-state index contributed by atoms with van der Waals surface area (Å²) in [5.74, 6) is -0.291. The Morgan fingerprint density at radius 2 is 1.91 bits per heavy atom. The number of hydrogen-bond acceptors (Lipinski definition) is 6. The highest BCUT2D eigenvalue weighted by Crippen LogP contribution is 2.25. The van der Waals surface area contributed by atoms with Crippen LogP contribution >= 0.6 is 0 Å². The van der Waals surface area contributed by atoms with Crippen molar-refractivity contribution in [2.75, 3.05) is 11.9 Å². The molecule has 1 aromatic carbocycles. The topological polar surface area (TPSA) is 107 Å². The molecule has 8 nitrogen and oxygen atoms in total. The van der Waals surface area contributed by atoms with Crippen LogP contribution in [-0.2, 0) is 4.79 Å². The average molecular weight is 302 g/mol. The molecule has 0 aliphatic carbocycles. The molecule has 2 aromatic rings. The van der Waals surface area contributed by atoms with Gasteiger partial charge in [0, 0.05) is 17.5 Å². The normalized spacial score (nSPS) is 10.1. The lowest BCUT2D eigenvalue weighted by atomic mass is 10.3. The fourth-order valence-corrected chi connectivity index (χ4v) is 1.82. The molecular weight excluding hydrogens is 288 g/mol. The summed E-state index contributed by atoms with van der Waals surface area (Å²) < 4.78 is 5.18. The largest absolute Gasteiger partial charge is 0.477 e. The zero-order valence-corrected chi connectivity index (χ0v) is 12.1. The maximum absolute atomic E-state index is 11.8. The fraction of sp³-hybridized carbons (Fsp3) is 0.214. The van der Waals surface area contributed by atoms with E-state index in [9.17, 15) is 14.9 Å². The van der Waals surface area contributed by atoms with Gasteiger partial charge in [-0.2, -0.15) is 0 Å². The molecule has 0 saturated carbocycles. The van der Waals surface area contributed by atoms with Crippen molar-refractivity contribution in [3.8, 4) is 5.75 Å². The summed E-state index contributed by atoms with van der Waals surface area (Å²) in [7, 11) is 0. The number of benzene rings is 1. The third kappa shape index (κ3) is 3.98. The molecule has 2 rings (SSSR count). The van der Waals surface area contributed by atoms with Crippen molar-refractivity contribution in [2.24, 2.45) is 0 Å². The molecule has 1 aromatic heterocycles. The van der Waals surface area contributed by atoms with Crippen LogP contribution in [0.15, 0.2) is 30.3 Å². The van der Waals surface area contributed by atoms with Crippen molar-refractivity contribution in [3.63, 3.8) is 0 Å². The Hall–Kier alpha value is -3.03. The summed E-state index contributed by atoms with van der Waals surface area (Å²) in [5.41, 5.74) is 1.25. The van der Waals surface area contributed by atoms with Crippen molar-refractivity contribution in [1.82, 2.24) is 9.97 Å². The Bertz CT molecular complexity index is 697. The van der Waals surface area contributed by atoms with Gasteiger partial charge in [-0.3, -0.25) is 20.2 Å². The number of carbonyl (C=O) groups is 1. The highest BCUT2D eigenvalue weighted by Gasteiger charge is 2.15. The minimum atomic E-state index is -0.569. The van der Waals surface area contributed by atoms with Crippen LogP contribution in [0.5, 0.6) is 5.75 Å². The Labute approximate surface area is 126 Å². The first-order valence-corrected chi connectivity index (χ1v) is 6.44. The molecule has 0 spiro atoms. The molecule has 0 atom stereocenters. The molecule has 0 aliphatic heterocycles. The second-order valence-electron chi connectivity index (χ2n) is 4.54. The van der Waals surface area contributed by atoms with Crippen LogP contribution in [0.25, 0.3) is 0 Å². The molecule has 1 N–H and O–H groups in total. The summed E-state index contributed by atoms with van der Waals surface area (Å²) in [6.45, 7) is 3.20. The van der Waals surface area contributed by atoms with E-state index in [4.69, 9.17) is 4.74 Å². The van der Waals surface area contributed by atoms with E-state index in [1.165, 1.54) is 18.2 Å². The number of aromatic nitrogens is 2. The van der Waals surface area contributed by atoms with Crippen LogP contribution < -0.4 is 10.1 Å². The fourth-order valence-electron chi connectivity index (χ4n) is 1.82. The number of anilines is 1. The molecule has 1 amide bonds. The Morgan fingerprint density at radius 1 is 1.27 bits per heavy atom. The van der Waals surface area contributed by atoms with Crippen LogP contribution in [0, 0.1) is 24.0 Å². The van der Waals surface area contributed by atoms with E-state index in [0.717, 1.165) is 11.4 Å². The first-order chi connectivity index (χ1) is 10.5. The number of nitro benzene ring substituents is 1. The van der Waals surface area contributed by atoms with Gasteiger partial charge in [0.2, 0.25) is 5.95 Å². The van der Waals surface area contributed by atoms with Gasteiger partial charge in [-0.1, -0.05) is 12.1 Å². The molecule has 0 fully saturated rings. The van der Waals surface area contributed by atoms with E-state index in [1.807, 2.05) is 0 Å². The van der Waals surface area contributed by atoms with E-state index in [0.29, 0.717) is 0 Å². The highest BCUT2D eigenvalue weighted by atomic mass is 16.6. The van der Waals surface area contributed by atoms with Crippen molar-refractivity contribution < 1.29 is 14.5 Å². The van der Waals surface area contributed by atoms with Gasteiger partial charge in [0.05, 0.1) is 4.92 Å². The van der Waals surface area contributed by atoms with Crippen molar-refractivity contribution in [3.05, 3.63) is 51.8 Å². The number of hydrogen-bond donors (Lipinski definition) is 1. The molecule has 8 heteroatoms. The summed E-state index contributed by atoms with van der Waals surface area (Å²) in [6, 6.07) is 7.63. The number of aryl methyl sites for hydroxylation is 2. The predicted octanol–water partition coefficient (Wildman–Crippen LogP) is 2.02. The minimum Gasteiger partial charge on any atom is -0.477 e. The lowest BCUT2D eigenvalue weighted by Gasteiger charge is -2.07. The molecule has 0 unspecified atom stereocenters. The minimum absolute atomic E-state index is 0.0315. The maximum Gasteiger partial charge on any atom is 0.310 e. The van der Waals surface area contributed by atoms with Gasteiger partial charge in [-0.25, -0.2) is 9.97 Å². The van der Waals surface area contributed by atoms with E-state index in [1.54, 1.807) is 26.0 Å². The number of nitrogens with zero attached hydrogens (tertiary/aromatic N) is 3. The van der Waals surface area contributed by atoms with Gasteiger partial charge in [0.1, 0.15) is 0 Å². The molecule has 0 radical (unpaired) electrons. The first kappa shape index (κ1) is 15.4. The lowest BCUT2D eigenvalue weighted by Crippen LogP contribution is -2.22. The summed E-state index contributed by atoms with van der Waals surface area (Å²) >= 11 is 0. The molecule has 0 bridgehead atoms.